The van der Waals surface area contributed by atoms with Crippen molar-refractivity contribution in [1.29, 1.82) is 0 Å². The summed E-state index contributed by atoms with van der Waals surface area (Å²) in [6, 6.07) is 7.19. The number of hydrogen-bond acceptors (Lipinski definition) is 5. The number of non-ortho nitro benzene ring substituents is 1. The van der Waals surface area contributed by atoms with E-state index < -0.39 is 0 Å². The minimum absolute atomic E-state index is 0.107. The van der Waals surface area contributed by atoms with Crippen LogP contribution in [-0.2, 0) is 4.79 Å². The molecule has 1 unspecified atom stereocenters. The van der Waals surface area contributed by atoms with Gasteiger partial charge in [0.05, 0.1) is 4.92 Å². The number of nitro benzene ring substituents is 1. The molecule has 3 rings (SSSR count). The van der Waals surface area contributed by atoms with Crippen LogP contribution in [0.3, 0.4) is 0 Å². The third-order valence-corrected chi connectivity index (χ3v) is 4.91. The number of nitrogens with zero attached hydrogens (tertiary/aromatic N) is 3. The highest BCUT2D eigenvalue weighted by Crippen LogP contribution is 2.22. The third-order valence-electron chi connectivity index (χ3n) is 4.91. The Morgan fingerprint density at radius 3 is 2.75 bits per heavy atom. The summed E-state index contributed by atoms with van der Waals surface area (Å²) in [5, 5.41) is 14.3. The van der Waals surface area contributed by atoms with Crippen LogP contribution in [0.2, 0.25) is 0 Å². The summed E-state index contributed by atoms with van der Waals surface area (Å²) in [6.07, 6.45) is 3.91. The molecule has 1 aromatic carbocycles. The Balaban J connectivity index is 1.49. The number of amides is 1. The number of nitrogens with one attached hydrogen (secondary N) is 1. The molecule has 0 bridgehead atoms. The SMILES string of the molecule is O=C(CCC1CCCN1)N1CCN(c2cccc([N+](=O)[O-])c2)CC1. The quantitative estimate of drug-likeness (QED) is 0.657. The first-order valence-electron chi connectivity index (χ1n) is 8.64. The summed E-state index contributed by atoms with van der Waals surface area (Å²) in [7, 11) is 0. The van der Waals surface area contributed by atoms with Crippen molar-refractivity contribution in [2.45, 2.75) is 31.7 Å². The van der Waals surface area contributed by atoms with E-state index >= 15 is 0 Å². The first-order valence-corrected chi connectivity index (χ1v) is 8.64. The molecule has 0 radical (unpaired) electrons. The third kappa shape index (κ3) is 4.03. The van der Waals surface area contributed by atoms with Gasteiger partial charge in [-0.15, -0.1) is 0 Å². The summed E-state index contributed by atoms with van der Waals surface area (Å²) in [4.78, 5) is 26.9. The number of anilines is 1. The fourth-order valence-corrected chi connectivity index (χ4v) is 3.48. The average molecular weight is 332 g/mol. The molecule has 1 N–H and O–H groups in total. The van der Waals surface area contributed by atoms with Crippen molar-refractivity contribution in [3.05, 3.63) is 34.4 Å². The molecule has 1 aromatic rings. The van der Waals surface area contributed by atoms with E-state index in [1.54, 1.807) is 12.1 Å². The van der Waals surface area contributed by atoms with Gasteiger partial charge in [0, 0.05) is 56.5 Å². The van der Waals surface area contributed by atoms with Crippen LogP contribution in [0.5, 0.6) is 0 Å². The second-order valence-corrected chi connectivity index (χ2v) is 6.48. The molecule has 0 spiro atoms. The van der Waals surface area contributed by atoms with Crippen LogP contribution in [0.4, 0.5) is 11.4 Å². The molecule has 2 fully saturated rings. The number of carbonyl (C=O) groups excluding carboxylic acids is 1. The smallest absolute Gasteiger partial charge is 0.271 e. The molecule has 7 heteroatoms. The van der Waals surface area contributed by atoms with E-state index in [1.165, 1.54) is 18.9 Å². The van der Waals surface area contributed by atoms with Crippen molar-refractivity contribution in [3.63, 3.8) is 0 Å². The van der Waals surface area contributed by atoms with Gasteiger partial charge in [-0.3, -0.25) is 14.9 Å². The number of piperazine rings is 1. The minimum atomic E-state index is -0.375. The van der Waals surface area contributed by atoms with E-state index in [0.29, 0.717) is 38.6 Å². The molecule has 0 saturated carbocycles. The molecule has 2 saturated heterocycles. The fraction of sp³-hybridized carbons (Fsp3) is 0.588. The first-order chi connectivity index (χ1) is 11.6. The van der Waals surface area contributed by atoms with E-state index in [2.05, 4.69) is 10.2 Å². The highest BCUT2D eigenvalue weighted by molar-refractivity contribution is 5.76. The maximum absolute atomic E-state index is 12.3. The molecule has 1 atom stereocenters. The van der Waals surface area contributed by atoms with Crippen molar-refractivity contribution in [3.8, 4) is 0 Å². The molecular weight excluding hydrogens is 308 g/mol. The zero-order chi connectivity index (χ0) is 16.9. The van der Waals surface area contributed by atoms with Gasteiger partial charge in [0.2, 0.25) is 5.91 Å². The Labute approximate surface area is 141 Å². The zero-order valence-electron chi connectivity index (χ0n) is 13.8. The molecule has 24 heavy (non-hydrogen) atoms. The van der Waals surface area contributed by atoms with Crippen LogP contribution >= 0.6 is 0 Å². The van der Waals surface area contributed by atoms with E-state index in [9.17, 15) is 14.9 Å². The van der Waals surface area contributed by atoms with Crippen LogP contribution in [0.1, 0.15) is 25.7 Å². The number of hydrogen-bond donors (Lipinski definition) is 1. The lowest BCUT2D eigenvalue weighted by Gasteiger charge is -2.36. The summed E-state index contributed by atoms with van der Waals surface area (Å²) in [6.45, 7) is 3.86. The zero-order valence-corrected chi connectivity index (χ0v) is 13.8. The standard InChI is InChI=1S/C17H24N4O3/c22-17(7-6-14-3-2-8-18-14)20-11-9-19(10-12-20)15-4-1-5-16(13-15)21(23)24/h1,4-5,13-14,18H,2-3,6-12H2. The molecule has 2 heterocycles. The Bertz CT molecular complexity index is 593. The first kappa shape index (κ1) is 16.7. The van der Waals surface area contributed by atoms with E-state index in [4.69, 9.17) is 0 Å². The molecule has 2 aliphatic heterocycles. The summed E-state index contributed by atoms with van der Waals surface area (Å²) in [5.74, 6) is 0.224. The van der Waals surface area contributed by atoms with Gasteiger partial charge in [0.1, 0.15) is 0 Å². The highest BCUT2D eigenvalue weighted by Gasteiger charge is 2.23. The van der Waals surface area contributed by atoms with Crippen molar-refractivity contribution in [2.24, 2.45) is 0 Å². The van der Waals surface area contributed by atoms with Gasteiger partial charge in [-0.1, -0.05) is 6.07 Å². The van der Waals surface area contributed by atoms with Gasteiger partial charge in [-0.05, 0) is 31.9 Å². The Hall–Kier alpha value is -2.15. The number of benzene rings is 1. The predicted molar refractivity (Wildman–Crippen MR) is 92.1 cm³/mol. The molecule has 7 nitrogen and oxygen atoms in total. The summed E-state index contributed by atoms with van der Waals surface area (Å²) >= 11 is 0. The minimum Gasteiger partial charge on any atom is -0.368 e. The van der Waals surface area contributed by atoms with Gasteiger partial charge >= 0.3 is 0 Å². The number of nitro groups is 1. The van der Waals surface area contributed by atoms with Crippen LogP contribution in [0, 0.1) is 10.1 Å². The van der Waals surface area contributed by atoms with Crippen LogP contribution < -0.4 is 10.2 Å². The Kier molecular flexibility index (Phi) is 5.30. The van der Waals surface area contributed by atoms with E-state index in [-0.39, 0.29) is 16.5 Å². The highest BCUT2D eigenvalue weighted by atomic mass is 16.6. The molecule has 0 aliphatic carbocycles. The second kappa shape index (κ2) is 7.61. The molecular formula is C17H24N4O3. The van der Waals surface area contributed by atoms with Crippen LogP contribution in [0.15, 0.2) is 24.3 Å². The predicted octanol–water partition coefficient (Wildman–Crippen LogP) is 1.78. The Morgan fingerprint density at radius 2 is 2.08 bits per heavy atom. The lowest BCUT2D eigenvalue weighted by Crippen LogP contribution is -2.49. The lowest BCUT2D eigenvalue weighted by molar-refractivity contribution is -0.384. The average Bonchev–Trinajstić information content (AvgIpc) is 3.13. The van der Waals surface area contributed by atoms with Crippen molar-refractivity contribution >= 4 is 17.3 Å². The van der Waals surface area contributed by atoms with E-state index in [0.717, 1.165) is 18.7 Å². The topological polar surface area (TPSA) is 78.7 Å². The number of rotatable bonds is 5. The van der Waals surface area contributed by atoms with Gasteiger partial charge in [0.15, 0.2) is 0 Å². The van der Waals surface area contributed by atoms with Crippen molar-refractivity contribution in [1.82, 2.24) is 10.2 Å². The van der Waals surface area contributed by atoms with Crippen LogP contribution in [-0.4, -0.2) is 54.5 Å². The van der Waals surface area contributed by atoms with Gasteiger partial charge < -0.3 is 15.1 Å². The molecule has 130 valence electrons. The summed E-state index contributed by atoms with van der Waals surface area (Å²) in [5.41, 5.74) is 0.960. The Morgan fingerprint density at radius 1 is 1.29 bits per heavy atom. The monoisotopic (exact) mass is 332 g/mol. The molecule has 1 amide bonds. The summed E-state index contributed by atoms with van der Waals surface area (Å²) < 4.78 is 0. The maximum atomic E-state index is 12.3. The lowest BCUT2D eigenvalue weighted by atomic mass is 10.1. The largest absolute Gasteiger partial charge is 0.368 e. The maximum Gasteiger partial charge on any atom is 0.271 e. The molecule has 0 aromatic heterocycles. The van der Waals surface area contributed by atoms with Gasteiger partial charge in [-0.25, -0.2) is 0 Å². The second-order valence-electron chi connectivity index (χ2n) is 6.48. The van der Waals surface area contributed by atoms with Crippen molar-refractivity contribution < 1.29 is 9.72 Å². The van der Waals surface area contributed by atoms with Gasteiger partial charge in [0.25, 0.3) is 5.69 Å². The number of carbonyl (C=O) groups is 1. The van der Waals surface area contributed by atoms with Crippen LogP contribution in [0.25, 0.3) is 0 Å². The fourth-order valence-electron chi connectivity index (χ4n) is 3.48. The normalized spacial score (nSPS) is 21.1. The molecule has 2 aliphatic rings. The van der Waals surface area contributed by atoms with E-state index in [1.807, 2.05) is 11.0 Å². The van der Waals surface area contributed by atoms with Gasteiger partial charge in [-0.2, -0.15) is 0 Å². The van der Waals surface area contributed by atoms with Crippen molar-refractivity contribution in [2.75, 3.05) is 37.6 Å².